The molecule has 0 radical (unpaired) electrons. The van der Waals surface area contributed by atoms with Gasteiger partial charge in [0.2, 0.25) is 0 Å². The maximum Gasteiger partial charge on any atom is 0.321 e. The Hall–Kier alpha value is -3.29. The van der Waals surface area contributed by atoms with Gasteiger partial charge in [-0.3, -0.25) is 0 Å². The van der Waals surface area contributed by atoms with E-state index in [9.17, 15) is 4.79 Å². The molecule has 2 N–H and O–H groups in total. The van der Waals surface area contributed by atoms with E-state index in [-0.39, 0.29) is 6.03 Å². The van der Waals surface area contributed by atoms with Crippen molar-refractivity contribution < 1.29 is 9.53 Å². The van der Waals surface area contributed by atoms with Gasteiger partial charge in [-0.2, -0.15) is 0 Å². The molecule has 0 bridgehead atoms. The fraction of sp³-hybridized carbons (Fsp3) is 0.480. The number of carbonyl (C=O) groups excluding carboxylic acids is 1. The van der Waals surface area contributed by atoms with Gasteiger partial charge < -0.3 is 24.8 Å². The van der Waals surface area contributed by atoms with Crippen LogP contribution in [0.2, 0.25) is 0 Å². The number of piperidine rings is 1. The summed E-state index contributed by atoms with van der Waals surface area (Å²) in [5.41, 5.74) is 2.05. The number of methoxy groups -OCH3 is 1. The van der Waals surface area contributed by atoms with Gasteiger partial charge in [0.05, 0.1) is 12.5 Å². The molecule has 3 aromatic rings. The molecule has 1 aliphatic heterocycles. The van der Waals surface area contributed by atoms with Crippen molar-refractivity contribution in [1.82, 2.24) is 19.9 Å². The third-order valence-electron chi connectivity index (χ3n) is 7.68. The normalized spacial score (nSPS) is 18.4. The lowest BCUT2D eigenvalue weighted by Gasteiger charge is -2.47. The number of amides is 2. The van der Waals surface area contributed by atoms with Gasteiger partial charge in [-0.15, -0.1) is 0 Å². The fourth-order valence-corrected chi connectivity index (χ4v) is 5.48. The van der Waals surface area contributed by atoms with Crippen LogP contribution in [0.4, 0.5) is 16.3 Å². The van der Waals surface area contributed by atoms with E-state index in [1.807, 2.05) is 35.4 Å². The molecule has 174 valence electrons. The Kier molecular flexibility index (Phi) is 5.83. The van der Waals surface area contributed by atoms with E-state index in [4.69, 9.17) is 4.74 Å². The maximum atomic E-state index is 12.7. The number of rotatable bonds is 4. The van der Waals surface area contributed by atoms with Crippen LogP contribution in [0.3, 0.4) is 0 Å². The highest BCUT2D eigenvalue weighted by Crippen LogP contribution is 2.46. The van der Waals surface area contributed by atoms with Crippen LogP contribution in [0.1, 0.15) is 38.5 Å². The van der Waals surface area contributed by atoms with Gasteiger partial charge in [0.1, 0.15) is 23.5 Å². The summed E-state index contributed by atoms with van der Waals surface area (Å²) in [6.45, 7) is 1.64. The Morgan fingerprint density at radius 3 is 2.55 bits per heavy atom. The zero-order chi connectivity index (χ0) is 22.8. The highest BCUT2D eigenvalue weighted by atomic mass is 16.5. The number of anilines is 2. The summed E-state index contributed by atoms with van der Waals surface area (Å²) >= 11 is 0. The van der Waals surface area contributed by atoms with Gasteiger partial charge >= 0.3 is 6.03 Å². The van der Waals surface area contributed by atoms with Crippen LogP contribution < -0.4 is 15.0 Å². The van der Waals surface area contributed by atoms with Crippen LogP contribution in [-0.2, 0) is 0 Å². The molecule has 2 amide bonds. The molecule has 0 unspecified atom stereocenters. The number of benzene rings is 1. The predicted octanol–water partition coefficient (Wildman–Crippen LogP) is 4.66. The molecule has 1 spiro atoms. The van der Waals surface area contributed by atoms with E-state index in [0.717, 1.165) is 67.1 Å². The number of nitrogens with zero attached hydrogens (tertiary/aromatic N) is 4. The minimum atomic E-state index is -0.0114. The molecular weight excluding hydrogens is 416 g/mol. The monoisotopic (exact) mass is 448 g/mol. The number of hydrogen-bond donors (Lipinski definition) is 2. The number of ether oxygens (including phenoxy) is 1. The molecule has 5 rings (SSSR count). The molecule has 2 aromatic heterocycles. The van der Waals surface area contributed by atoms with Gasteiger partial charge in [0.15, 0.2) is 0 Å². The second-order valence-electron chi connectivity index (χ2n) is 9.43. The largest absolute Gasteiger partial charge is 0.497 e. The number of aromatic amines is 1. The molecule has 8 heteroatoms. The van der Waals surface area contributed by atoms with Crippen molar-refractivity contribution in [1.29, 1.82) is 0 Å². The van der Waals surface area contributed by atoms with Gasteiger partial charge in [0.25, 0.3) is 0 Å². The number of nitrogens with one attached hydrogen (secondary N) is 2. The standard InChI is InChI=1S/C25H32N6O2/c1-30(23-21-9-14-26-22(21)27-17-28-23)19-7-10-25(11-8-19)12-15-31(16-13-25)24(32)29-18-3-5-20(33-2)6-4-18/h3-6,9,14,17,19H,7-8,10-13,15-16H2,1-2H3,(H,29,32)(H,26,27,28). The third-order valence-corrected chi connectivity index (χ3v) is 7.68. The minimum absolute atomic E-state index is 0.0114. The SMILES string of the molecule is COc1ccc(NC(=O)N2CCC3(CCC(N(C)c4ncnc5[nH]ccc45)CC3)CC2)cc1. The van der Waals surface area contributed by atoms with Crippen molar-refractivity contribution in [2.24, 2.45) is 5.41 Å². The third kappa shape index (κ3) is 4.34. The van der Waals surface area contributed by atoms with Crippen molar-refractivity contribution >= 4 is 28.6 Å². The predicted molar refractivity (Wildman–Crippen MR) is 130 cm³/mol. The number of likely N-dealkylation sites (tertiary alicyclic amines) is 1. The quantitative estimate of drug-likeness (QED) is 0.606. The summed E-state index contributed by atoms with van der Waals surface area (Å²) in [6.07, 6.45) is 10.4. The highest BCUT2D eigenvalue weighted by molar-refractivity contribution is 5.89. The first-order valence-electron chi connectivity index (χ1n) is 11.8. The van der Waals surface area contributed by atoms with Crippen LogP contribution in [0, 0.1) is 5.41 Å². The molecule has 33 heavy (non-hydrogen) atoms. The summed E-state index contributed by atoms with van der Waals surface area (Å²) in [7, 11) is 3.79. The topological polar surface area (TPSA) is 86.4 Å². The number of carbonyl (C=O) groups is 1. The Bertz CT molecular complexity index is 1090. The highest BCUT2D eigenvalue weighted by Gasteiger charge is 2.40. The van der Waals surface area contributed by atoms with Gasteiger partial charge in [-0.05, 0) is 74.3 Å². The second kappa shape index (κ2) is 8.92. The summed E-state index contributed by atoms with van der Waals surface area (Å²) in [6, 6.07) is 10.00. The van der Waals surface area contributed by atoms with Gasteiger partial charge in [0, 0.05) is 38.1 Å². The summed E-state index contributed by atoms with van der Waals surface area (Å²) in [5.74, 6) is 1.79. The summed E-state index contributed by atoms with van der Waals surface area (Å²) < 4.78 is 5.18. The first-order valence-corrected chi connectivity index (χ1v) is 11.8. The Labute approximate surface area is 194 Å². The summed E-state index contributed by atoms with van der Waals surface area (Å²) in [5, 5.41) is 4.10. The molecule has 1 saturated carbocycles. The van der Waals surface area contributed by atoms with Crippen molar-refractivity contribution in [2.45, 2.75) is 44.6 Å². The van der Waals surface area contributed by atoms with Crippen molar-refractivity contribution in [3.63, 3.8) is 0 Å². The first kappa shape index (κ1) is 21.6. The van der Waals surface area contributed by atoms with Crippen molar-refractivity contribution in [3.8, 4) is 5.75 Å². The molecule has 8 nitrogen and oxygen atoms in total. The van der Waals surface area contributed by atoms with Crippen LogP contribution in [0.15, 0.2) is 42.9 Å². The number of hydrogen-bond acceptors (Lipinski definition) is 5. The Morgan fingerprint density at radius 1 is 1.12 bits per heavy atom. The molecule has 1 aliphatic carbocycles. The molecule has 1 aromatic carbocycles. The fourth-order valence-electron chi connectivity index (χ4n) is 5.48. The number of aromatic nitrogens is 3. The maximum absolute atomic E-state index is 12.7. The summed E-state index contributed by atoms with van der Waals surface area (Å²) in [4.78, 5) is 29.1. The lowest BCUT2D eigenvalue weighted by molar-refractivity contribution is 0.0786. The van der Waals surface area contributed by atoms with Crippen LogP contribution in [0.5, 0.6) is 5.75 Å². The molecule has 2 aliphatic rings. The zero-order valence-corrected chi connectivity index (χ0v) is 19.4. The van der Waals surface area contributed by atoms with E-state index >= 15 is 0 Å². The van der Waals surface area contributed by atoms with E-state index in [1.165, 1.54) is 12.8 Å². The lowest BCUT2D eigenvalue weighted by Crippen LogP contribution is -2.47. The van der Waals surface area contributed by atoms with Gasteiger partial charge in [-0.1, -0.05) is 0 Å². The smallest absolute Gasteiger partial charge is 0.321 e. The molecule has 1 saturated heterocycles. The van der Waals surface area contributed by atoms with E-state index in [1.54, 1.807) is 13.4 Å². The second-order valence-corrected chi connectivity index (χ2v) is 9.43. The average Bonchev–Trinajstić information content (AvgIpc) is 3.34. The van der Waals surface area contributed by atoms with Gasteiger partial charge in [-0.25, -0.2) is 14.8 Å². The van der Waals surface area contributed by atoms with Crippen molar-refractivity contribution in [3.05, 3.63) is 42.9 Å². The number of urea groups is 1. The Balaban J connectivity index is 1.14. The van der Waals surface area contributed by atoms with E-state index < -0.39 is 0 Å². The molecule has 0 atom stereocenters. The molecule has 3 heterocycles. The zero-order valence-electron chi connectivity index (χ0n) is 19.4. The van der Waals surface area contributed by atoms with E-state index in [0.29, 0.717) is 11.5 Å². The number of fused-ring (bicyclic) bond motifs is 1. The van der Waals surface area contributed by atoms with Crippen LogP contribution in [-0.4, -0.2) is 59.2 Å². The average molecular weight is 449 g/mol. The van der Waals surface area contributed by atoms with Crippen molar-refractivity contribution in [2.75, 3.05) is 37.5 Å². The Morgan fingerprint density at radius 2 is 1.85 bits per heavy atom. The minimum Gasteiger partial charge on any atom is -0.497 e. The molecule has 2 fully saturated rings. The van der Waals surface area contributed by atoms with Crippen LogP contribution >= 0.6 is 0 Å². The molecular formula is C25H32N6O2. The first-order chi connectivity index (χ1) is 16.1. The van der Waals surface area contributed by atoms with E-state index in [2.05, 4.69) is 38.3 Å². The number of H-pyrrole nitrogens is 1. The lowest BCUT2D eigenvalue weighted by atomic mass is 9.67. The van der Waals surface area contributed by atoms with Crippen LogP contribution in [0.25, 0.3) is 11.0 Å².